The molecule has 0 unspecified atom stereocenters. The molecule has 398 valence electrons. The highest BCUT2D eigenvalue weighted by atomic mass is 32.1. The molecule has 0 aliphatic heterocycles. The van der Waals surface area contributed by atoms with E-state index in [0.29, 0.717) is 41.5 Å². The van der Waals surface area contributed by atoms with Gasteiger partial charge in [0.15, 0.2) is 0 Å². The summed E-state index contributed by atoms with van der Waals surface area (Å²) in [7, 11) is 0. The van der Waals surface area contributed by atoms with Crippen molar-refractivity contribution in [1.29, 1.82) is 0 Å². The third-order valence-corrected chi connectivity index (χ3v) is 12.5. The van der Waals surface area contributed by atoms with E-state index in [1.54, 1.807) is 56.3 Å². The lowest BCUT2D eigenvalue weighted by Gasteiger charge is -2.29. The number of phenolic OH excluding ortho intramolecular Hbond substituents is 3. The molecule has 8 atom stereocenters. The fourth-order valence-electron chi connectivity index (χ4n) is 7.79. The summed E-state index contributed by atoms with van der Waals surface area (Å²) in [6.45, 7) is 4.99. The van der Waals surface area contributed by atoms with E-state index in [-0.39, 0.29) is 61.7 Å². The Morgan fingerprint density at radius 2 is 0.851 bits per heavy atom. The number of benzene rings is 4. The molecule has 0 aliphatic carbocycles. The quantitative estimate of drug-likeness (QED) is 0.0272. The van der Waals surface area contributed by atoms with Gasteiger partial charge in [0.1, 0.15) is 59.5 Å². The van der Waals surface area contributed by atoms with Crippen LogP contribution in [0.3, 0.4) is 0 Å². The molecule has 74 heavy (non-hydrogen) atoms. The molecule has 7 amide bonds. The molecule has 0 saturated carbocycles. The van der Waals surface area contributed by atoms with Gasteiger partial charge in [-0.25, -0.2) is 4.79 Å². The van der Waals surface area contributed by atoms with Crippen molar-refractivity contribution in [2.24, 2.45) is 11.7 Å². The molecule has 0 radical (unpaired) electrons. The highest BCUT2D eigenvalue weighted by Crippen LogP contribution is 2.17. The first-order valence-electron chi connectivity index (χ1n) is 24.3. The second-order valence-electron chi connectivity index (χ2n) is 18.0. The average Bonchev–Trinajstić information content (AvgIpc) is 3.37. The number of aromatic hydroxyl groups is 3. The molecule has 21 heteroatoms. The lowest BCUT2D eigenvalue weighted by molar-refractivity contribution is -0.142. The van der Waals surface area contributed by atoms with Crippen molar-refractivity contribution in [3.63, 3.8) is 0 Å². The van der Waals surface area contributed by atoms with E-state index in [2.05, 4.69) is 49.8 Å². The highest BCUT2D eigenvalue weighted by Gasteiger charge is 2.35. The van der Waals surface area contributed by atoms with Crippen LogP contribution < -0.4 is 43.0 Å². The summed E-state index contributed by atoms with van der Waals surface area (Å²) < 4.78 is 0. The summed E-state index contributed by atoms with van der Waals surface area (Å²) in [5, 5.41) is 58.7. The minimum absolute atomic E-state index is 0.00584. The second kappa shape index (κ2) is 29.8. The van der Waals surface area contributed by atoms with E-state index in [4.69, 9.17) is 5.73 Å². The Balaban J connectivity index is 1.68. The van der Waals surface area contributed by atoms with Crippen LogP contribution in [0.25, 0.3) is 0 Å². The van der Waals surface area contributed by atoms with Gasteiger partial charge in [-0.2, -0.15) is 12.6 Å². The van der Waals surface area contributed by atoms with Crippen molar-refractivity contribution in [3.05, 3.63) is 125 Å². The number of amides is 7. The minimum atomic E-state index is -1.46. The van der Waals surface area contributed by atoms with E-state index in [9.17, 15) is 58.8 Å². The van der Waals surface area contributed by atoms with Gasteiger partial charge in [0.2, 0.25) is 41.4 Å². The van der Waals surface area contributed by atoms with Crippen molar-refractivity contribution in [3.8, 4) is 17.2 Å². The zero-order chi connectivity index (χ0) is 54.3. The predicted molar refractivity (Wildman–Crippen MR) is 279 cm³/mol. The number of hydrogen-bond donors (Lipinski definition) is 13. The molecule has 0 aromatic heterocycles. The Morgan fingerprint density at radius 3 is 1.24 bits per heavy atom. The van der Waals surface area contributed by atoms with Crippen molar-refractivity contribution >= 4 is 59.9 Å². The Bertz CT molecular complexity index is 2500. The number of unbranched alkanes of at least 4 members (excludes halogenated alkanes) is 1. The van der Waals surface area contributed by atoms with Crippen LogP contribution in [0.15, 0.2) is 103 Å². The molecule has 4 aromatic carbocycles. The topological polar surface area (TPSA) is 328 Å². The first-order chi connectivity index (χ1) is 35.3. The molecule has 0 fully saturated rings. The summed E-state index contributed by atoms with van der Waals surface area (Å²) in [4.78, 5) is 110. The van der Waals surface area contributed by atoms with Gasteiger partial charge in [-0.1, -0.05) is 87.0 Å². The fourth-order valence-corrected chi connectivity index (χ4v) is 8.05. The predicted octanol–water partition coefficient (Wildman–Crippen LogP) is 1.68. The molecule has 0 spiro atoms. The molecule has 4 aromatic rings. The maximum atomic E-state index is 14.6. The summed E-state index contributed by atoms with van der Waals surface area (Å²) in [6.07, 6.45) is 0.585. The number of carbonyl (C=O) groups excluding carboxylic acids is 7. The summed E-state index contributed by atoms with van der Waals surface area (Å²) in [6, 6.07) is 16.8. The Labute approximate surface area is 435 Å². The van der Waals surface area contributed by atoms with Gasteiger partial charge < -0.3 is 63.4 Å². The first-order valence-corrected chi connectivity index (χ1v) is 24.9. The van der Waals surface area contributed by atoms with Gasteiger partial charge in [-0.3, -0.25) is 33.6 Å². The average molecular weight is 1040 g/mol. The first kappa shape index (κ1) is 58.9. The number of nitrogens with two attached hydrogens (primary N) is 1. The number of carbonyl (C=O) groups is 8. The van der Waals surface area contributed by atoms with E-state index >= 15 is 0 Å². The van der Waals surface area contributed by atoms with E-state index < -0.39 is 95.5 Å². The lowest BCUT2D eigenvalue weighted by Crippen LogP contribution is -2.61. The molecule has 13 N–H and O–H groups in total. The smallest absolute Gasteiger partial charge is 0.326 e. The molecule has 0 bridgehead atoms. The molecule has 0 heterocycles. The zero-order valence-corrected chi connectivity index (χ0v) is 42.5. The maximum Gasteiger partial charge on any atom is 0.326 e. The lowest BCUT2D eigenvalue weighted by atomic mass is 9.96. The minimum Gasteiger partial charge on any atom is -0.508 e. The van der Waals surface area contributed by atoms with Crippen LogP contribution in [-0.2, 0) is 64.0 Å². The maximum absolute atomic E-state index is 14.6. The molecular weight excluding hydrogens is 973 g/mol. The number of aliphatic carboxylic acids is 1. The number of nitrogens with one attached hydrogen (secondary N) is 7. The van der Waals surface area contributed by atoms with Crippen LogP contribution in [0.2, 0.25) is 0 Å². The molecule has 0 saturated heterocycles. The van der Waals surface area contributed by atoms with Gasteiger partial charge in [0, 0.05) is 38.4 Å². The van der Waals surface area contributed by atoms with Crippen molar-refractivity contribution in [2.45, 2.75) is 114 Å². The Kier molecular flexibility index (Phi) is 23.7. The third kappa shape index (κ3) is 19.4. The summed E-state index contributed by atoms with van der Waals surface area (Å²) in [5.41, 5.74) is 7.90. The number of carboxylic acid groups (broad SMARTS) is 1. The van der Waals surface area contributed by atoms with E-state index in [1.165, 1.54) is 67.6 Å². The fraction of sp³-hybridized carbons (Fsp3) is 0.396. The van der Waals surface area contributed by atoms with Gasteiger partial charge in [0.05, 0.1) is 0 Å². The number of carboxylic acids is 1. The van der Waals surface area contributed by atoms with Crippen molar-refractivity contribution < 1.29 is 58.8 Å². The summed E-state index contributed by atoms with van der Waals surface area (Å²) >= 11 is 4.18. The largest absolute Gasteiger partial charge is 0.508 e. The standard InChI is InChI=1S/C53H68N8O12S/c1-4-31(2)46(61-51(70)45(30-74)55-32(3)62)52(71)59-43(28-36-17-23-39(65)24-18-36)48(67)56-40(12-8-9-25-54)47(66)57-41(26-34-13-19-37(63)20-14-34)49(68)58-42(27-35-15-21-38(64)22-16-35)50(69)60-44(53(72)73)29-33-10-6-5-7-11-33/h5-7,10-11,13-24,31,40-46,63-65,74H,4,8-9,12,25-30,54H2,1-3H3,(H,55,62)(H,56,67)(H,57,66)(H,58,68)(H,59,71)(H,60,69)(H,61,70)(H,72,73)/t31-,40-,41-,42-,43-,44-,45-,46-/m0/s1. The monoisotopic (exact) mass is 1040 g/mol. The van der Waals surface area contributed by atoms with Crippen LogP contribution in [0.1, 0.15) is 68.7 Å². The molecular formula is C53H68N8O12S. The van der Waals surface area contributed by atoms with Crippen LogP contribution in [0, 0.1) is 5.92 Å². The number of rotatable bonds is 29. The molecule has 20 nitrogen and oxygen atoms in total. The van der Waals surface area contributed by atoms with Crippen molar-refractivity contribution in [1.82, 2.24) is 37.2 Å². The SMILES string of the molecule is CC[C@H](C)[C@H](NC(=O)[C@H](CS)NC(C)=O)C(=O)N[C@@H](Cc1ccc(O)cc1)C(=O)N[C@@H](CCCCN)C(=O)N[C@@H](Cc1ccc(O)cc1)C(=O)N[C@@H](Cc1ccc(O)cc1)C(=O)N[C@@H](Cc1ccccc1)C(=O)O. The van der Waals surface area contributed by atoms with Crippen LogP contribution in [0.5, 0.6) is 17.2 Å². The van der Waals surface area contributed by atoms with Gasteiger partial charge in [-0.15, -0.1) is 0 Å². The Hall–Kier alpha value is -7.65. The summed E-state index contributed by atoms with van der Waals surface area (Å²) in [5.74, 6) is -7.38. The van der Waals surface area contributed by atoms with Gasteiger partial charge >= 0.3 is 5.97 Å². The van der Waals surface area contributed by atoms with Crippen LogP contribution in [0.4, 0.5) is 0 Å². The van der Waals surface area contributed by atoms with E-state index in [1.807, 2.05) is 0 Å². The molecule has 4 rings (SSSR count). The normalized spacial score (nSPS) is 14.2. The second-order valence-corrected chi connectivity index (χ2v) is 18.4. The van der Waals surface area contributed by atoms with Crippen molar-refractivity contribution in [2.75, 3.05) is 12.3 Å². The van der Waals surface area contributed by atoms with Gasteiger partial charge in [0.25, 0.3) is 0 Å². The van der Waals surface area contributed by atoms with E-state index in [0.717, 1.165) is 0 Å². The number of phenols is 3. The third-order valence-electron chi connectivity index (χ3n) is 12.2. The Morgan fingerprint density at radius 1 is 0.486 bits per heavy atom. The number of hydrogen-bond acceptors (Lipinski definition) is 13. The van der Waals surface area contributed by atoms with Crippen LogP contribution in [-0.4, -0.2) is 122 Å². The molecule has 0 aliphatic rings. The highest BCUT2D eigenvalue weighted by molar-refractivity contribution is 7.80. The van der Waals surface area contributed by atoms with Crippen LogP contribution >= 0.6 is 12.6 Å². The zero-order valence-electron chi connectivity index (χ0n) is 41.6. The number of thiol groups is 1. The van der Waals surface area contributed by atoms with Gasteiger partial charge in [-0.05, 0) is 90.4 Å².